The van der Waals surface area contributed by atoms with Gasteiger partial charge < -0.3 is 25.0 Å². The van der Waals surface area contributed by atoms with E-state index < -0.39 is 0 Å². The highest BCUT2D eigenvalue weighted by Crippen LogP contribution is 2.08. The third-order valence-electron chi connectivity index (χ3n) is 4.15. The number of rotatable bonds is 8. The molecule has 0 saturated carbocycles. The van der Waals surface area contributed by atoms with Gasteiger partial charge in [0.25, 0.3) is 5.91 Å². The van der Waals surface area contributed by atoms with Crippen molar-refractivity contribution in [2.45, 2.75) is 25.5 Å². The average molecular weight is 490 g/mol. The van der Waals surface area contributed by atoms with Crippen LogP contribution in [0.3, 0.4) is 0 Å². The van der Waals surface area contributed by atoms with Crippen molar-refractivity contribution in [2.75, 3.05) is 47.5 Å². The smallest absolute Gasteiger partial charge is 0.253 e. The highest BCUT2D eigenvalue weighted by Gasteiger charge is 2.15. The van der Waals surface area contributed by atoms with Crippen LogP contribution in [0.25, 0.3) is 0 Å². The molecule has 1 aliphatic heterocycles. The minimum absolute atomic E-state index is 0. The summed E-state index contributed by atoms with van der Waals surface area (Å²) in [7, 11) is 5.25. The molecule has 0 radical (unpaired) electrons. The van der Waals surface area contributed by atoms with Crippen molar-refractivity contribution < 1.29 is 14.3 Å². The first kappa shape index (κ1) is 23.6. The monoisotopic (exact) mass is 490 g/mol. The molecule has 0 aromatic heterocycles. The van der Waals surface area contributed by atoms with Gasteiger partial charge in [0.05, 0.1) is 12.7 Å². The number of ether oxygens (including phenoxy) is 2. The summed E-state index contributed by atoms with van der Waals surface area (Å²) in [5, 5.41) is 6.55. The second kappa shape index (κ2) is 12.9. The molecule has 1 fully saturated rings. The fourth-order valence-electron chi connectivity index (χ4n) is 2.60. The maximum Gasteiger partial charge on any atom is 0.253 e. The topological polar surface area (TPSA) is 75.2 Å². The predicted octanol–water partition coefficient (Wildman–Crippen LogP) is 1.87. The first-order chi connectivity index (χ1) is 12.6. The zero-order valence-corrected chi connectivity index (χ0v) is 18.7. The van der Waals surface area contributed by atoms with Crippen LogP contribution in [-0.4, -0.2) is 70.4 Å². The Morgan fingerprint density at radius 1 is 1.30 bits per heavy atom. The standard InChI is InChI=1S/C19H30N4O3.HI/c1-20-19(21-10-4-11-26-17-9-12-25-14-17)22-13-15-5-7-16(8-6-15)18(24)23(2)3;/h5-8,17H,4,9-14H2,1-3H3,(H2,20,21,22);1H. The predicted molar refractivity (Wildman–Crippen MR) is 118 cm³/mol. The summed E-state index contributed by atoms with van der Waals surface area (Å²) in [6.45, 7) is 3.69. The molecule has 7 nitrogen and oxygen atoms in total. The third kappa shape index (κ3) is 8.44. The van der Waals surface area contributed by atoms with E-state index >= 15 is 0 Å². The zero-order chi connectivity index (χ0) is 18.8. The highest BCUT2D eigenvalue weighted by molar-refractivity contribution is 14.0. The van der Waals surface area contributed by atoms with E-state index in [1.54, 1.807) is 26.0 Å². The van der Waals surface area contributed by atoms with Gasteiger partial charge in [0.1, 0.15) is 0 Å². The largest absolute Gasteiger partial charge is 0.379 e. The van der Waals surface area contributed by atoms with Crippen LogP contribution in [0, 0.1) is 0 Å². The van der Waals surface area contributed by atoms with Gasteiger partial charge in [0.2, 0.25) is 0 Å². The molecule has 0 aliphatic carbocycles. The quantitative estimate of drug-likeness (QED) is 0.252. The normalized spacial score (nSPS) is 16.6. The maximum absolute atomic E-state index is 11.9. The van der Waals surface area contributed by atoms with E-state index in [2.05, 4.69) is 15.6 Å². The Balaban J connectivity index is 0.00000364. The molecule has 2 N–H and O–H groups in total. The van der Waals surface area contributed by atoms with Gasteiger partial charge in [-0.25, -0.2) is 0 Å². The highest BCUT2D eigenvalue weighted by atomic mass is 127. The van der Waals surface area contributed by atoms with Crippen molar-refractivity contribution in [3.63, 3.8) is 0 Å². The summed E-state index contributed by atoms with van der Waals surface area (Å²) < 4.78 is 11.0. The molecule has 0 bridgehead atoms. The average Bonchev–Trinajstić information content (AvgIpc) is 3.17. The minimum Gasteiger partial charge on any atom is -0.379 e. The number of carbonyl (C=O) groups excluding carboxylic acids is 1. The molecular formula is C19H31IN4O3. The number of aliphatic imine (C=N–C) groups is 1. The first-order valence-corrected chi connectivity index (χ1v) is 9.04. The van der Waals surface area contributed by atoms with Crippen molar-refractivity contribution in [3.05, 3.63) is 35.4 Å². The lowest BCUT2D eigenvalue weighted by molar-refractivity contribution is 0.0420. The molecule has 1 aliphatic rings. The minimum atomic E-state index is 0. The molecule has 1 aromatic rings. The van der Waals surface area contributed by atoms with Crippen LogP contribution in [0.15, 0.2) is 29.3 Å². The van der Waals surface area contributed by atoms with Crippen LogP contribution < -0.4 is 10.6 Å². The number of benzene rings is 1. The zero-order valence-electron chi connectivity index (χ0n) is 16.4. The van der Waals surface area contributed by atoms with E-state index in [4.69, 9.17) is 9.47 Å². The molecule has 1 amide bonds. The summed E-state index contributed by atoms with van der Waals surface area (Å²) in [6, 6.07) is 7.60. The SMILES string of the molecule is CN=C(NCCCOC1CCOC1)NCc1ccc(C(=O)N(C)C)cc1.I. The van der Waals surface area contributed by atoms with Gasteiger partial charge in [-0.05, 0) is 30.5 Å². The number of halogens is 1. The summed E-state index contributed by atoms with van der Waals surface area (Å²) in [5.74, 6) is 0.760. The number of hydrogen-bond acceptors (Lipinski definition) is 4. The Hall–Kier alpha value is -1.39. The Kier molecular flexibility index (Phi) is 11.3. The van der Waals surface area contributed by atoms with Gasteiger partial charge >= 0.3 is 0 Å². The van der Waals surface area contributed by atoms with Gasteiger partial charge in [-0.15, -0.1) is 24.0 Å². The summed E-state index contributed by atoms with van der Waals surface area (Å²) in [5.41, 5.74) is 1.78. The van der Waals surface area contributed by atoms with Crippen molar-refractivity contribution >= 4 is 35.8 Å². The molecule has 27 heavy (non-hydrogen) atoms. The maximum atomic E-state index is 11.9. The second-order valence-electron chi connectivity index (χ2n) is 6.46. The molecular weight excluding hydrogens is 459 g/mol. The fourth-order valence-corrected chi connectivity index (χ4v) is 2.60. The summed E-state index contributed by atoms with van der Waals surface area (Å²) in [4.78, 5) is 17.7. The summed E-state index contributed by atoms with van der Waals surface area (Å²) >= 11 is 0. The van der Waals surface area contributed by atoms with Crippen molar-refractivity contribution in [2.24, 2.45) is 4.99 Å². The Labute approximate surface area is 178 Å². The molecule has 1 atom stereocenters. The van der Waals surface area contributed by atoms with Gasteiger partial charge in [-0.2, -0.15) is 0 Å². The third-order valence-corrected chi connectivity index (χ3v) is 4.15. The van der Waals surface area contributed by atoms with Gasteiger partial charge in [-0.3, -0.25) is 9.79 Å². The van der Waals surface area contributed by atoms with Crippen molar-refractivity contribution in [3.8, 4) is 0 Å². The fraction of sp³-hybridized carbons (Fsp3) is 0.579. The molecule has 8 heteroatoms. The van der Waals surface area contributed by atoms with E-state index in [-0.39, 0.29) is 36.0 Å². The number of amides is 1. The van der Waals surface area contributed by atoms with Crippen molar-refractivity contribution in [1.82, 2.24) is 15.5 Å². The molecule has 0 spiro atoms. The lowest BCUT2D eigenvalue weighted by atomic mass is 10.1. The van der Waals surface area contributed by atoms with Gasteiger partial charge in [0, 0.05) is 53.0 Å². The number of nitrogens with zero attached hydrogens (tertiary/aromatic N) is 2. The van der Waals surface area contributed by atoms with E-state index in [0.717, 1.165) is 50.7 Å². The first-order valence-electron chi connectivity index (χ1n) is 9.04. The number of hydrogen-bond donors (Lipinski definition) is 2. The number of carbonyl (C=O) groups is 1. The van der Waals surface area contributed by atoms with Crippen LogP contribution in [0.2, 0.25) is 0 Å². The molecule has 152 valence electrons. The Morgan fingerprint density at radius 2 is 2.04 bits per heavy atom. The lowest BCUT2D eigenvalue weighted by Gasteiger charge is -2.14. The van der Waals surface area contributed by atoms with E-state index in [9.17, 15) is 4.79 Å². The van der Waals surface area contributed by atoms with Crippen molar-refractivity contribution in [1.29, 1.82) is 0 Å². The lowest BCUT2D eigenvalue weighted by Crippen LogP contribution is -2.37. The van der Waals surface area contributed by atoms with Crippen LogP contribution in [-0.2, 0) is 16.0 Å². The van der Waals surface area contributed by atoms with Gasteiger partial charge in [-0.1, -0.05) is 12.1 Å². The van der Waals surface area contributed by atoms with Crippen LogP contribution in [0.5, 0.6) is 0 Å². The molecule has 1 unspecified atom stereocenters. The molecule has 1 aromatic carbocycles. The van der Waals surface area contributed by atoms with E-state index in [0.29, 0.717) is 12.1 Å². The molecule has 1 heterocycles. The van der Waals surface area contributed by atoms with Crippen LogP contribution in [0.1, 0.15) is 28.8 Å². The van der Waals surface area contributed by atoms with Crippen LogP contribution >= 0.6 is 24.0 Å². The number of nitrogens with one attached hydrogen (secondary N) is 2. The van der Waals surface area contributed by atoms with E-state index in [1.807, 2.05) is 24.3 Å². The Morgan fingerprint density at radius 3 is 2.63 bits per heavy atom. The van der Waals surface area contributed by atoms with Crippen LogP contribution in [0.4, 0.5) is 0 Å². The summed E-state index contributed by atoms with van der Waals surface area (Å²) in [6.07, 6.45) is 2.17. The van der Waals surface area contributed by atoms with E-state index in [1.165, 1.54) is 0 Å². The second-order valence-corrected chi connectivity index (χ2v) is 6.46. The molecule has 2 rings (SSSR count). The Bertz CT molecular complexity index is 587. The van der Waals surface area contributed by atoms with Gasteiger partial charge in [0.15, 0.2) is 5.96 Å². The number of guanidine groups is 1. The molecule has 1 saturated heterocycles.